The first-order valence-corrected chi connectivity index (χ1v) is 8.09. The second kappa shape index (κ2) is 6.19. The molecule has 2 fully saturated rings. The van der Waals surface area contributed by atoms with Gasteiger partial charge in [-0.25, -0.2) is 9.59 Å². The molecule has 132 valence electrons. The Morgan fingerprint density at radius 2 is 1.43 bits per heavy atom. The molecule has 0 bridgehead atoms. The third kappa shape index (κ3) is 5.57. The standard InChI is InChI=1S/C16H28N2O5/c1-15(2,3)22-13(19)17-9-7-8-10-12(21-10)11(9)18-14(20)23-16(4,5)6/h9-12H,7-8H2,1-6H3,(H,17,19)(H,18,20)/t9-,10-,11+,12-/m0/s1. The van der Waals surface area contributed by atoms with Gasteiger partial charge in [0.15, 0.2) is 0 Å². The topological polar surface area (TPSA) is 89.2 Å². The molecule has 2 N–H and O–H groups in total. The molecule has 0 radical (unpaired) electrons. The van der Waals surface area contributed by atoms with Gasteiger partial charge < -0.3 is 24.8 Å². The van der Waals surface area contributed by atoms with E-state index in [1.807, 2.05) is 20.8 Å². The summed E-state index contributed by atoms with van der Waals surface area (Å²) in [7, 11) is 0. The number of epoxide rings is 1. The molecule has 0 aromatic heterocycles. The van der Waals surface area contributed by atoms with Crippen molar-refractivity contribution in [3.8, 4) is 0 Å². The zero-order valence-electron chi connectivity index (χ0n) is 14.8. The lowest BCUT2D eigenvalue weighted by molar-refractivity contribution is 0.0410. The van der Waals surface area contributed by atoms with E-state index in [0.29, 0.717) is 0 Å². The Morgan fingerprint density at radius 1 is 0.913 bits per heavy atom. The van der Waals surface area contributed by atoms with Gasteiger partial charge in [-0.05, 0) is 54.4 Å². The highest BCUT2D eigenvalue weighted by atomic mass is 16.6. The Bertz CT molecular complexity index is 466. The first-order chi connectivity index (χ1) is 10.4. The molecule has 2 amide bonds. The molecule has 1 aliphatic carbocycles. The minimum absolute atomic E-state index is 0.0730. The summed E-state index contributed by atoms with van der Waals surface area (Å²) >= 11 is 0. The maximum Gasteiger partial charge on any atom is 0.408 e. The molecule has 1 aliphatic heterocycles. The van der Waals surface area contributed by atoms with E-state index in [1.54, 1.807) is 20.8 Å². The predicted octanol–water partition coefficient (Wildman–Crippen LogP) is 2.33. The summed E-state index contributed by atoms with van der Waals surface area (Å²) in [5.74, 6) is 0. The summed E-state index contributed by atoms with van der Waals surface area (Å²) in [5, 5.41) is 5.67. The van der Waals surface area contributed by atoms with Crippen molar-refractivity contribution in [2.24, 2.45) is 0 Å². The number of rotatable bonds is 2. The molecule has 7 nitrogen and oxygen atoms in total. The number of carbonyl (C=O) groups is 2. The Labute approximate surface area is 137 Å². The van der Waals surface area contributed by atoms with E-state index in [4.69, 9.17) is 14.2 Å². The number of amides is 2. The van der Waals surface area contributed by atoms with Crippen LogP contribution in [0.15, 0.2) is 0 Å². The first-order valence-electron chi connectivity index (χ1n) is 8.09. The van der Waals surface area contributed by atoms with Gasteiger partial charge in [-0.1, -0.05) is 0 Å². The van der Waals surface area contributed by atoms with Crippen LogP contribution in [-0.4, -0.2) is 47.7 Å². The van der Waals surface area contributed by atoms with Gasteiger partial charge in [-0.15, -0.1) is 0 Å². The van der Waals surface area contributed by atoms with Gasteiger partial charge in [0.1, 0.15) is 17.3 Å². The molecular formula is C16H28N2O5. The van der Waals surface area contributed by atoms with Gasteiger partial charge >= 0.3 is 12.2 Å². The molecule has 2 rings (SSSR count). The number of ether oxygens (including phenoxy) is 3. The number of fused-ring (bicyclic) bond motifs is 1. The van der Waals surface area contributed by atoms with Crippen molar-refractivity contribution >= 4 is 12.2 Å². The zero-order chi connectivity index (χ0) is 17.4. The highest BCUT2D eigenvalue weighted by Gasteiger charge is 2.52. The van der Waals surface area contributed by atoms with Crippen LogP contribution < -0.4 is 10.6 Å². The number of carbonyl (C=O) groups excluding carboxylic acids is 2. The van der Waals surface area contributed by atoms with Crippen LogP contribution in [0, 0.1) is 0 Å². The fourth-order valence-electron chi connectivity index (χ4n) is 2.70. The summed E-state index contributed by atoms with van der Waals surface area (Å²) in [6.07, 6.45) is 0.674. The third-order valence-corrected chi connectivity index (χ3v) is 3.56. The molecule has 4 atom stereocenters. The van der Waals surface area contributed by atoms with Crippen molar-refractivity contribution in [3.05, 3.63) is 0 Å². The minimum atomic E-state index is -0.573. The van der Waals surface area contributed by atoms with Crippen molar-refractivity contribution < 1.29 is 23.8 Å². The molecule has 7 heteroatoms. The highest BCUT2D eigenvalue weighted by Crippen LogP contribution is 2.37. The average Bonchev–Trinajstić information content (AvgIpc) is 3.06. The molecule has 1 saturated carbocycles. The van der Waals surface area contributed by atoms with Crippen LogP contribution in [-0.2, 0) is 14.2 Å². The van der Waals surface area contributed by atoms with E-state index in [9.17, 15) is 9.59 Å². The van der Waals surface area contributed by atoms with Crippen LogP contribution in [0.1, 0.15) is 54.4 Å². The summed E-state index contributed by atoms with van der Waals surface area (Å²) in [4.78, 5) is 24.0. The molecule has 1 saturated heterocycles. The monoisotopic (exact) mass is 328 g/mol. The summed E-state index contributed by atoms with van der Waals surface area (Å²) < 4.78 is 16.2. The van der Waals surface area contributed by atoms with E-state index in [2.05, 4.69) is 10.6 Å². The Balaban J connectivity index is 1.94. The first kappa shape index (κ1) is 17.8. The van der Waals surface area contributed by atoms with Gasteiger partial charge in [0.25, 0.3) is 0 Å². The molecule has 0 unspecified atom stereocenters. The number of alkyl carbamates (subject to hydrolysis) is 2. The fourth-order valence-corrected chi connectivity index (χ4v) is 2.70. The van der Waals surface area contributed by atoms with E-state index < -0.39 is 23.4 Å². The van der Waals surface area contributed by atoms with E-state index in [0.717, 1.165) is 12.8 Å². The maximum absolute atomic E-state index is 12.0. The quantitative estimate of drug-likeness (QED) is 0.760. The second-order valence-electron chi connectivity index (χ2n) is 8.14. The minimum Gasteiger partial charge on any atom is -0.444 e. The molecular weight excluding hydrogens is 300 g/mol. The van der Waals surface area contributed by atoms with Crippen LogP contribution in [0.3, 0.4) is 0 Å². The average molecular weight is 328 g/mol. The Hall–Kier alpha value is -1.50. The van der Waals surface area contributed by atoms with Crippen LogP contribution in [0.2, 0.25) is 0 Å². The fraction of sp³-hybridized carbons (Fsp3) is 0.875. The summed E-state index contributed by atoms with van der Waals surface area (Å²) in [5.41, 5.74) is -1.14. The molecule has 0 spiro atoms. The van der Waals surface area contributed by atoms with Crippen molar-refractivity contribution in [1.29, 1.82) is 0 Å². The maximum atomic E-state index is 12.0. The Kier molecular flexibility index (Phi) is 4.80. The smallest absolute Gasteiger partial charge is 0.408 e. The van der Waals surface area contributed by atoms with E-state index >= 15 is 0 Å². The lowest BCUT2D eigenvalue weighted by Gasteiger charge is -2.32. The van der Waals surface area contributed by atoms with Crippen LogP contribution in [0.4, 0.5) is 9.59 Å². The second-order valence-corrected chi connectivity index (χ2v) is 8.14. The van der Waals surface area contributed by atoms with Crippen molar-refractivity contribution in [1.82, 2.24) is 10.6 Å². The van der Waals surface area contributed by atoms with Crippen LogP contribution in [0.5, 0.6) is 0 Å². The van der Waals surface area contributed by atoms with Crippen LogP contribution >= 0.6 is 0 Å². The SMILES string of the molecule is CC(C)(C)OC(=O)N[C@H]1[C@H]2O[C@H]2CC[C@@H]1NC(=O)OC(C)(C)C. The van der Waals surface area contributed by atoms with Gasteiger partial charge in [0, 0.05) is 0 Å². The van der Waals surface area contributed by atoms with Crippen molar-refractivity contribution in [2.45, 2.75) is 89.9 Å². The van der Waals surface area contributed by atoms with E-state index in [1.165, 1.54) is 0 Å². The number of hydrogen-bond donors (Lipinski definition) is 2. The summed E-state index contributed by atoms with van der Waals surface area (Å²) in [6.45, 7) is 10.8. The predicted molar refractivity (Wildman–Crippen MR) is 84.2 cm³/mol. The molecule has 1 heterocycles. The van der Waals surface area contributed by atoms with Crippen molar-refractivity contribution in [3.63, 3.8) is 0 Å². The largest absolute Gasteiger partial charge is 0.444 e. The molecule has 2 aliphatic rings. The van der Waals surface area contributed by atoms with E-state index in [-0.39, 0.29) is 24.3 Å². The molecule has 23 heavy (non-hydrogen) atoms. The lowest BCUT2D eigenvalue weighted by Crippen LogP contribution is -2.57. The number of nitrogens with one attached hydrogen (secondary N) is 2. The van der Waals surface area contributed by atoms with Crippen LogP contribution in [0.25, 0.3) is 0 Å². The van der Waals surface area contributed by atoms with Gasteiger partial charge in [0.05, 0.1) is 18.2 Å². The van der Waals surface area contributed by atoms with Gasteiger partial charge in [0.2, 0.25) is 0 Å². The zero-order valence-corrected chi connectivity index (χ0v) is 14.8. The molecule has 0 aromatic carbocycles. The van der Waals surface area contributed by atoms with Gasteiger partial charge in [-0.2, -0.15) is 0 Å². The highest BCUT2D eigenvalue weighted by molar-refractivity contribution is 5.70. The molecule has 0 aromatic rings. The van der Waals surface area contributed by atoms with Crippen molar-refractivity contribution in [2.75, 3.05) is 0 Å². The van der Waals surface area contributed by atoms with Gasteiger partial charge in [-0.3, -0.25) is 0 Å². The normalized spacial score (nSPS) is 30.0. The Morgan fingerprint density at radius 3 is 1.96 bits per heavy atom. The summed E-state index contributed by atoms with van der Waals surface area (Å²) in [6, 6.07) is -0.544. The third-order valence-electron chi connectivity index (χ3n) is 3.56. The lowest BCUT2D eigenvalue weighted by atomic mass is 9.90. The number of hydrogen-bond acceptors (Lipinski definition) is 5.